The standard InChI is InChI=1S/C17H13ClF3N3O2/c1-23(10-11-5-4-8-26-11)16(25)14-9-15(17(19,20)21)22-24(14)13-7-3-2-6-12(13)18/h2-9H,10H2,1H3. The van der Waals surface area contributed by atoms with Crippen LogP contribution in [-0.4, -0.2) is 27.6 Å². The molecule has 1 amide bonds. The molecule has 3 rings (SSSR count). The third-order valence-electron chi connectivity index (χ3n) is 3.62. The van der Waals surface area contributed by atoms with E-state index in [4.69, 9.17) is 16.0 Å². The number of aromatic nitrogens is 2. The monoisotopic (exact) mass is 383 g/mol. The fourth-order valence-electron chi connectivity index (χ4n) is 2.38. The summed E-state index contributed by atoms with van der Waals surface area (Å²) in [5, 5.41) is 3.72. The van der Waals surface area contributed by atoms with Crippen molar-refractivity contribution in [2.75, 3.05) is 7.05 Å². The SMILES string of the molecule is CN(Cc1ccco1)C(=O)c1cc(C(F)(F)F)nn1-c1ccccc1Cl. The van der Waals surface area contributed by atoms with Gasteiger partial charge in [0.05, 0.1) is 23.5 Å². The number of para-hydroxylation sites is 1. The van der Waals surface area contributed by atoms with Crippen molar-refractivity contribution in [2.24, 2.45) is 0 Å². The Morgan fingerprint density at radius 1 is 1.27 bits per heavy atom. The van der Waals surface area contributed by atoms with Gasteiger partial charge < -0.3 is 9.32 Å². The number of carbonyl (C=O) groups excluding carboxylic acids is 1. The third kappa shape index (κ3) is 3.60. The van der Waals surface area contributed by atoms with Crippen LogP contribution < -0.4 is 0 Å². The minimum absolute atomic E-state index is 0.0981. The van der Waals surface area contributed by atoms with Crippen LogP contribution in [0.25, 0.3) is 5.69 Å². The predicted octanol–water partition coefficient (Wildman–Crippen LogP) is 4.41. The highest BCUT2D eigenvalue weighted by molar-refractivity contribution is 6.32. The molecular formula is C17H13ClF3N3O2. The van der Waals surface area contributed by atoms with Gasteiger partial charge in [-0.2, -0.15) is 18.3 Å². The normalized spacial score (nSPS) is 11.6. The lowest BCUT2D eigenvalue weighted by Crippen LogP contribution is -2.28. The van der Waals surface area contributed by atoms with E-state index in [9.17, 15) is 18.0 Å². The first-order valence-corrected chi connectivity index (χ1v) is 7.85. The lowest BCUT2D eigenvalue weighted by molar-refractivity contribution is -0.141. The lowest BCUT2D eigenvalue weighted by atomic mass is 10.2. The van der Waals surface area contributed by atoms with E-state index in [1.165, 1.54) is 30.3 Å². The Morgan fingerprint density at radius 2 is 2.00 bits per heavy atom. The number of rotatable bonds is 4. The minimum atomic E-state index is -4.69. The van der Waals surface area contributed by atoms with Crippen molar-refractivity contribution in [3.8, 4) is 5.69 Å². The van der Waals surface area contributed by atoms with Crippen LogP contribution in [0.1, 0.15) is 21.9 Å². The van der Waals surface area contributed by atoms with Gasteiger partial charge in [-0.25, -0.2) is 4.68 Å². The largest absolute Gasteiger partial charge is 0.467 e. The first-order valence-electron chi connectivity index (χ1n) is 7.47. The Morgan fingerprint density at radius 3 is 2.62 bits per heavy atom. The van der Waals surface area contributed by atoms with E-state index in [1.54, 1.807) is 24.3 Å². The molecule has 2 aromatic heterocycles. The molecule has 2 heterocycles. The highest BCUT2D eigenvalue weighted by Gasteiger charge is 2.36. The van der Waals surface area contributed by atoms with Crippen LogP contribution >= 0.6 is 11.6 Å². The number of hydrogen-bond donors (Lipinski definition) is 0. The Kier molecular flexibility index (Phi) is 4.78. The molecule has 9 heteroatoms. The summed E-state index contributed by atoms with van der Waals surface area (Å²) in [7, 11) is 1.46. The van der Waals surface area contributed by atoms with Gasteiger partial charge in [-0.1, -0.05) is 23.7 Å². The van der Waals surface area contributed by atoms with E-state index < -0.39 is 17.8 Å². The number of hydrogen-bond acceptors (Lipinski definition) is 3. The molecule has 0 saturated carbocycles. The van der Waals surface area contributed by atoms with E-state index in [1.807, 2.05) is 0 Å². The first-order chi connectivity index (χ1) is 12.3. The molecule has 0 saturated heterocycles. The first kappa shape index (κ1) is 18.1. The molecule has 0 atom stereocenters. The average Bonchev–Trinajstić information content (AvgIpc) is 3.23. The molecule has 0 aliphatic heterocycles. The zero-order chi connectivity index (χ0) is 18.9. The van der Waals surface area contributed by atoms with Gasteiger partial charge in [0.25, 0.3) is 5.91 Å². The third-order valence-corrected chi connectivity index (χ3v) is 3.94. The Hall–Kier alpha value is -2.74. The maximum atomic E-state index is 13.1. The highest BCUT2D eigenvalue weighted by Crippen LogP contribution is 2.31. The molecule has 26 heavy (non-hydrogen) atoms. The van der Waals surface area contributed by atoms with Gasteiger partial charge in [-0.15, -0.1) is 0 Å². The van der Waals surface area contributed by atoms with Gasteiger partial charge in [0, 0.05) is 13.1 Å². The van der Waals surface area contributed by atoms with Crippen molar-refractivity contribution < 1.29 is 22.4 Å². The smallest absolute Gasteiger partial charge is 0.435 e. The number of carbonyl (C=O) groups is 1. The van der Waals surface area contributed by atoms with Crippen molar-refractivity contribution in [1.29, 1.82) is 0 Å². The summed E-state index contributed by atoms with van der Waals surface area (Å²) in [4.78, 5) is 14.0. The summed E-state index contributed by atoms with van der Waals surface area (Å²) >= 11 is 6.07. The molecule has 0 aliphatic carbocycles. The Labute approximate surface area is 151 Å². The van der Waals surface area contributed by atoms with Crippen LogP contribution in [0.5, 0.6) is 0 Å². The molecule has 0 radical (unpaired) electrons. The van der Waals surface area contributed by atoms with Crippen molar-refractivity contribution in [3.05, 3.63) is 70.9 Å². The number of benzene rings is 1. The van der Waals surface area contributed by atoms with Crippen LogP contribution in [-0.2, 0) is 12.7 Å². The van der Waals surface area contributed by atoms with E-state index in [-0.39, 0.29) is 22.9 Å². The van der Waals surface area contributed by atoms with Crippen LogP contribution in [0, 0.1) is 0 Å². The Balaban J connectivity index is 2.03. The van der Waals surface area contributed by atoms with Crippen LogP contribution in [0.3, 0.4) is 0 Å². The molecular weight excluding hydrogens is 371 g/mol. The number of nitrogens with zero attached hydrogens (tertiary/aromatic N) is 3. The van der Waals surface area contributed by atoms with E-state index in [0.717, 1.165) is 4.68 Å². The van der Waals surface area contributed by atoms with Crippen LogP contribution in [0.15, 0.2) is 53.1 Å². The average molecular weight is 384 g/mol. The van der Waals surface area contributed by atoms with Gasteiger partial charge in [0.1, 0.15) is 11.5 Å². The van der Waals surface area contributed by atoms with Crippen LogP contribution in [0.2, 0.25) is 5.02 Å². The molecule has 136 valence electrons. The van der Waals surface area contributed by atoms with E-state index >= 15 is 0 Å². The molecule has 5 nitrogen and oxygen atoms in total. The summed E-state index contributed by atoms with van der Waals surface area (Å²) in [6.45, 7) is 0.0981. The van der Waals surface area contributed by atoms with Gasteiger partial charge in [0.2, 0.25) is 0 Å². The second-order valence-corrected chi connectivity index (χ2v) is 5.92. The van der Waals surface area contributed by atoms with Crippen molar-refractivity contribution in [1.82, 2.24) is 14.7 Å². The molecule has 1 aromatic carbocycles. The quantitative estimate of drug-likeness (QED) is 0.670. The van der Waals surface area contributed by atoms with Gasteiger partial charge >= 0.3 is 6.18 Å². The summed E-state index contributed by atoms with van der Waals surface area (Å²) in [6.07, 6.45) is -3.25. The Bertz CT molecular complexity index is 920. The summed E-state index contributed by atoms with van der Waals surface area (Å²) < 4.78 is 45.4. The zero-order valence-corrected chi connectivity index (χ0v) is 14.3. The summed E-state index contributed by atoms with van der Waals surface area (Å²) in [5.74, 6) is -0.148. The number of alkyl halides is 3. The maximum Gasteiger partial charge on any atom is 0.435 e. The zero-order valence-electron chi connectivity index (χ0n) is 13.5. The second-order valence-electron chi connectivity index (χ2n) is 5.52. The molecule has 3 aromatic rings. The topological polar surface area (TPSA) is 51.3 Å². The number of furan rings is 1. The molecule has 0 fully saturated rings. The molecule has 0 unspecified atom stereocenters. The molecule has 0 spiro atoms. The number of amides is 1. The molecule has 0 N–H and O–H groups in total. The van der Waals surface area contributed by atoms with Gasteiger partial charge in [0.15, 0.2) is 5.69 Å². The van der Waals surface area contributed by atoms with Crippen molar-refractivity contribution >= 4 is 17.5 Å². The van der Waals surface area contributed by atoms with Crippen molar-refractivity contribution in [3.63, 3.8) is 0 Å². The lowest BCUT2D eigenvalue weighted by Gasteiger charge is -2.16. The molecule has 0 aliphatic rings. The fourth-order valence-corrected chi connectivity index (χ4v) is 2.60. The second kappa shape index (κ2) is 6.87. The molecule has 0 bridgehead atoms. The van der Waals surface area contributed by atoms with E-state index in [2.05, 4.69) is 5.10 Å². The predicted molar refractivity (Wildman–Crippen MR) is 88.1 cm³/mol. The fraction of sp³-hybridized carbons (Fsp3) is 0.176. The van der Waals surface area contributed by atoms with Crippen molar-refractivity contribution in [2.45, 2.75) is 12.7 Å². The highest BCUT2D eigenvalue weighted by atomic mass is 35.5. The van der Waals surface area contributed by atoms with Gasteiger partial charge in [-0.3, -0.25) is 4.79 Å². The van der Waals surface area contributed by atoms with Gasteiger partial charge in [-0.05, 0) is 24.3 Å². The van der Waals surface area contributed by atoms with E-state index in [0.29, 0.717) is 11.8 Å². The number of halogens is 4. The minimum Gasteiger partial charge on any atom is -0.467 e. The summed E-state index contributed by atoms with van der Waals surface area (Å²) in [5.41, 5.74) is -1.24. The summed E-state index contributed by atoms with van der Waals surface area (Å²) in [6, 6.07) is 10.2. The maximum absolute atomic E-state index is 13.1. The van der Waals surface area contributed by atoms with Crippen LogP contribution in [0.4, 0.5) is 13.2 Å².